The highest BCUT2D eigenvalue weighted by Crippen LogP contribution is 2.26. The van der Waals surface area contributed by atoms with Crippen LogP contribution in [0.3, 0.4) is 0 Å². The number of hydrogen-bond donors (Lipinski definition) is 8. The molecule has 0 radical (unpaired) electrons. The molecule has 2 amide bonds. The molecule has 4 heterocycles. The lowest BCUT2D eigenvalue weighted by atomic mass is 10.1. The minimum Gasteiger partial charge on any atom is -0.394 e. The van der Waals surface area contributed by atoms with Crippen molar-refractivity contribution in [3.8, 4) is 0 Å². The number of amides is 2. The number of carbonyl (C=O) groups is 2. The maximum absolute atomic E-state index is 12.6. The zero-order chi connectivity index (χ0) is 27.4. The first-order valence-corrected chi connectivity index (χ1v) is 12.1. The highest BCUT2D eigenvalue weighted by molar-refractivity contribution is 5.94. The van der Waals surface area contributed by atoms with Crippen LogP contribution in [-0.2, 0) is 9.47 Å². The molecular weight excluding hydrogens is 504 g/mol. The number of nitrogens with zero attached hydrogens (tertiary/aromatic N) is 2. The molecule has 2 aromatic heterocycles. The van der Waals surface area contributed by atoms with Crippen molar-refractivity contribution in [3.63, 3.8) is 0 Å². The zero-order valence-electron chi connectivity index (χ0n) is 20.3. The largest absolute Gasteiger partial charge is 0.394 e. The van der Waals surface area contributed by atoms with Crippen LogP contribution in [0.15, 0.2) is 49.1 Å². The van der Waals surface area contributed by atoms with Gasteiger partial charge in [0.15, 0.2) is 37.0 Å². The second-order valence-electron chi connectivity index (χ2n) is 9.05. The van der Waals surface area contributed by atoms with E-state index in [9.17, 15) is 40.2 Å². The van der Waals surface area contributed by atoms with Gasteiger partial charge in [-0.2, -0.15) is 9.13 Å². The molecule has 2 fully saturated rings. The van der Waals surface area contributed by atoms with Crippen molar-refractivity contribution < 1.29 is 58.8 Å². The molecule has 14 nitrogen and oxygen atoms in total. The molecule has 0 saturated carbocycles. The highest BCUT2D eigenvalue weighted by atomic mass is 16.6. The van der Waals surface area contributed by atoms with E-state index >= 15 is 0 Å². The number of rotatable bonds is 9. The summed E-state index contributed by atoms with van der Waals surface area (Å²) in [5.41, 5.74) is 0.498. The monoisotopic (exact) mass is 536 g/mol. The summed E-state index contributed by atoms with van der Waals surface area (Å²) < 4.78 is 13.8. The van der Waals surface area contributed by atoms with E-state index in [1.165, 1.54) is 21.5 Å². The molecule has 0 bridgehead atoms. The molecule has 0 aliphatic carbocycles. The number of aromatic nitrogens is 2. The van der Waals surface area contributed by atoms with Crippen molar-refractivity contribution in [2.45, 2.75) is 49.1 Å². The maximum atomic E-state index is 12.6. The SMILES string of the molecule is O=C(NCCNC(=O)c1ccc[n+]([C@@H]2O[C@H](CO)[C@@H](O)[C@H]2O)c1)c1ccc[n+]([C@@H]2O[C@H](CO)[C@@H](O)[C@H]2O)c1. The van der Waals surface area contributed by atoms with E-state index in [1.807, 2.05) is 0 Å². The highest BCUT2D eigenvalue weighted by Gasteiger charge is 2.49. The smallest absolute Gasteiger partial charge is 0.292 e. The van der Waals surface area contributed by atoms with Gasteiger partial charge in [-0.1, -0.05) is 0 Å². The van der Waals surface area contributed by atoms with Gasteiger partial charge in [0.2, 0.25) is 0 Å². The first kappa shape index (κ1) is 27.9. The molecule has 206 valence electrons. The van der Waals surface area contributed by atoms with E-state index in [0.717, 1.165) is 0 Å². The Kier molecular flexibility index (Phi) is 8.96. The fourth-order valence-corrected chi connectivity index (χ4v) is 4.38. The van der Waals surface area contributed by atoms with Crippen LogP contribution in [0, 0.1) is 0 Å². The molecule has 38 heavy (non-hydrogen) atoms. The van der Waals surface area contributed by atoms with E-state index < -0.39 is 74.1 Å². The van der Waals surface area contributed by atoms with Gasteiger partial charge in [-0.25, -0.2) is 0 Å². The van der Waals surface area contributed by atoms with Gasteiger partial charge in [0.05, 0.1) is 13.2 Å². The third-order valence-corrected chi connectivity index (χ3v) is 6.49. The van der Waals surface area contributed by atoms with Crippen LogP contribution in [0.4, 0.5) is 0 Å². The van der Waals surface area contributed by atoms with Crippen LogP contribution in [0.1, 0.15) is 33.2 Å². The summed E-state index contributed by atoms with van der Waals surface area (Å²) in [6, 6.07) is 6.24. The Morgan fingerprint density at radius 1 is 0.711 bits per heavy atom. The van der Waals surface area contributed by atoms with Gasteiger partial charge in [-0.15, -0.1) is 0 Å². The van der Waals surface area contributed by atoms with Gasteiger partial charge < -0.3 is 50.7 Å². The maximum Gasteiger partial charge on any atom is 0.292 e. The first-order valence-electron chi connectivity index (χ1n) is 12.1. The predicted octanol–water partition coefficient (Wildman–Crippen LogP) is -4.36. The number of pyridine rings is 2. The third kappa shape index (κ3) is 5.82. The van der Waals surface area contributed by atoms with E-state index in [1.54, 1.807) is 36.7 Å². The Morgan fingerprint density at radius 3 is 1.45 bits per heavy atom. The van der Waals surface area contributed by atoms with Gasteiger partial charge in [-0.05, 0) is 12.1 Å². The normalized spacial score (nSPS) is 30.8. The third-order valence-electron chi connectivity index (χ3n) is 6.49. The molecule has 2 aromatic rings. The fraction of sp³-hybridized carbons (Fsp3) is 0.500. The van der Waals surface area contributed by atoms with Crippen LogP contribution in [0.2, 0.25) is 0 Å². The van der Waals surface area contributed by atoms with Crippen LogP contribution in [0.25, 0.3) is 0 Å². The van der Waals surface area contributed by atoms with Crippen molar-refractivity contribution in [3.05, 3.63) is 60.2 Å². The number of aliphatic hydroxyl groups is 6. The summed E-state index contributed by atoms with van der Waals surface area (Å²) >= 11 is 0. The molecule has 14 heteroatoms. The van der Waals surface area contributed by atoms with Gasteiger partial charge in [0, 0.05) is 25.2 Å². The lowest BCUT2D eigenvalue weighted by Gasteiger charge is -2.11. The Balaban J connectivity index is 1.29. The standard InChI is InChI=1S/C24H30N4O10/c29-11-15-17(31)19(33)23(37-15)27-7-1-3-13(9-27)21(35)25-5-6-26-22(36)14-4-2-8-28(10-14)24-20(34)18(32)16(12-30)38-24/h1-4,7-10,15-20,23-24,29-34H,5-6,11-12H2/p+2/t15-,16-,17-,18-,19-,20-,23-,24-/m1/s1. The lowest BCUT2D eigenvalue weighted by Crippen LogP contribution is -2.47. The minimum absolute atomic E-state index is 0.106. The van der Waals surface area contributed by atoms with E-state index in [0.29, 0.717) is 0 Å². The topological polar surface area (TPSA) is 206 Å². The van der Waals surface area contributed by atoms with Crippen molar-refractivity contribution in [2.24, 2.45) is 0 Å². The summed E-state index contributed by atoms with van der Waals surface area (Å²) in [6.45, 7) is -0.717. The molecule has 0 spiro atoms. The van der Waals surface area contributed by atoms with Crippen molar-refractivity contribution >= 4 is 11.8 Å². The minimum atomic E-state index is -1.29. The quantitative estimate of drug-likeness (QED) is 0.114. The molecule has 0 unspecified atom stereocenters. The summed E-state index contributed by atoms with van der Waals surface area (Å²) in [4.78, 5) is 25.2. The van der Waals surface area contributed by atoms with Gasteiger partial charge >= 0.3 is 0 Å². The van der Waals surface area contributed by atoms with E-state index in [-0.39, 0.29) is 24.2 Å². The molecule has 4 rings (SSSR count). The number of carbonyl (C=O) groups excluding carboxylic acids is 2. The Labute approximate surface area is 217 Å². The first-order chi connectivity index (χ1) is 18.2. The van der Waals surface area contributed by atoms with Crippen molar-refractivity contribution in [2.75, 3.05) is 26.3 Å². The van der Waals surface area contributed by atoms with Gasteiger partial charge in [-0.3, -0.25) is 9.59 Å². The molecule has 2 aliphatic heterocycles. The Morgan fingerprint density at radius 2 is 1.11 bits per heavy atom. The zero-order valence-corrected chi connectivity index (χ0v) is 20.3. The number of hydrogen-bond acceptors (Lipinski definition) is 10. The van der Waals surface area contributed by atoms with Crippen molar-refractivity contribution in [1.29, 1.82) is 0 Å². The van der Waals surface area contributed by atoms with Crippen molar-refractivity contribution in [1.82, 2.24) is 10.6 Å². The van der Waals surface area contributed by atoms with Crippen LogP contribution in [0.5, 0.6) is 0 Å². The average molecular weight is 537 g/mol. The lowest BCUT2D eigenvalue weighted by molar-refractivity contribution is -0.766. The summed E-state index contributed by atoms with van der Waals surface area (Å²) in [5.74, 6) is -0.885. The molecule has 8 atom stereocenters. The average Bonchev–Trinajstić information content (AvgIpc) is 3.40. The van der Waals surface area contributed by atoms with E-state index in [2.05, 4.69) is 10.6 Å². The summed E-state index contributed by atoms with van der Waals surface area (Å²) in [6.07, 6.45) is -2.94. The predicted molar refractivity (Wildman–Crippen MR) is 124 cm³/mol. The second-order valence-corrected chi connectivity index (χ2v) is 9.05. The molecule has 2 saturated heterocycles. The second kappa shape index (κ2) is 12.2. The number of aliphatic hydroxyl groups excluding tert-OH is 6. The molecule has 2 aliphatic rings. The Hall–Kier alpha value is -3.08. The number of nitrogens with one attached hydrogen (secondary N) is 2. The molecule has 0 aromatic carbocycles. The van der Waals surface area contributed by atoms with E-state index in [4.69, 9.17) is 9.47 Å². The summed E-state index contributed by atoms with van der Waals surface area (Å²) in [5, 5.41) is 64.2. The fourth-order valence-electron chi connectivity index (χ4n) is 4.38. The van der Waals surface area contributed by atoms with Gasteiger partial charge in [0.1, 0.15) is 35.5 Å². The van der Waals surface area contributed by atoms with Crippen LogP contribution >= 0.6 is 0 Å². The Bertz CT molecular complexity index is 1050. The summed E-state index contributed by atoms with van der Waals surface area (Å²) in [7, 11) is 0. The van der Waals surface area contributed by atoms with Crippen LogP contribution in [-0.4, -0.2) is 105 Å². The number of ether oxygens (including phenoxy) is 2. The van der Waals surface area contributed by atoms with Crippen LogP contribution < -0.4 is 19.8 Å². The van der Waals surface area contributed by atoms with Gasteiger partial charge in [0.25, 0.3) is 24.3 Å². The molecule has 8 N–H and O–H groups in total. The molecular formula is C24H32N4O10+2.